The highest BCUT2D eigenvalue weighted by atomic mass is 16.1. The number of hydrogen-bond donors (Lipinski definition) is 0. The van der Waals surface area contributed by atoms with Gasteiger partial charge in [0.1, 0.15) is 5.78 Å². The lowest BCUT2D eigenvalue weighted by molar-refractivity contribution is -0.122. The van der Waals surface area contributed by atoms with Gasteiger partial charge >= 0.3 is 0 Å². The van der Waals surface area contributed by atoms with Gasteiger partial charge in [-0.05, 0) is 38.8 Å². The predicted octanol–water partition coefficient (Wildman–Crippen LogP) is 1.06. The maximum absolute atomic E-state index is 11.4. The number of likely N-dealkylation sites (tertiary alicyclic amines) is 1. The summed E-state index contributed by atoms with van der Waals surface area (Å²) in [5.74, 6) is 1.18. The zero-order chi connectivity index (χ0) is 7.84. The van der Waals surface area contributed by atoms with E-state index in [-0.39, 0.29) is 0 Å². The van der Waals surface area contributed by atoms with E-state index in [0.29, 0.717) is 17.7 Å². The van der Waals surface area contributed by atoms with E-state index >= 15 is 0 Å². The highest BCUT2D eigenvalue weighted by Crippen LogP contribution is 2.33. The molecular formula is C9H15NO. The van der Waals surface area contributed by atoms with Gasteiger partial charge in [0.25, 0.3) is 0 Å². The molecule has 0 aromatic carbocycles. The maximum Gasteiger partial charge on any atom is 0.150 e. The van der Waals surface area contributed by atoms with E-state index in [4.69, 9.17) is 0 Å². The molecule has 2 nitrogen and oxygen atoms in total. The van der Waals surface area contributed by atoms with Gasteiger partial charge in [-0.25, -0.2) is 0 Å². The van der Waals surface area contributed by atoms with Crippen molar-refractivity contribution in [3.63, 3.8) is 0 Å². The minimum absolute atomic E-state index is 0.295. The number of ketones is 1. The lowest BCUT2D eigenvalue weighted by atomic mass is 9.92. The van der Waals surface area contributed by atoms with Crippen LogP contribution in [0.4, 0.5) is 0 Å². The van der Waals surface area contributed by atoms with Crippen molar-refractivity contribution in [2.45, 2.75) is 31.7 Å². The van der Waals surface area contributed by atoms with Crippen LogP contribution in [0.3, 0.4) is 0 Å². The van der Waals surface area contributed by atoms with Crippen LogP contribution in [0.15, 0.2) is 0 Å². The Labute approximate surface area is 67.6 Å². The summed E-state index contributed by atoms with van der Waals surface area (Å²) in [5.41, 5.74) is 0. The average Bonchev–Trinajstić information content (AvgIpc) is 2.34. The van der Waals surface area contributed by atoms with Crippen molar-refractivity contribution in [1.82, 2.24) is 4.90 Å². The third-order valence-electron chi connectivity index (χ3n) is 3.10. The first-order valence-corrected chi connectivity index (χ1v) is 4.52. The average molecular weight is 153 g/mol. The molecule has 62 valence electrons. The molecule has 2 fully saturated rings. The summed E-state index contributed by atoms with van der Waals surface area (Å²) in [6, 6.07) is 0.295. The number of carbonyl (C=O) groups is 1. The Bertz CT molecular complexity index is 178. The van der Waals surface area contributed by atoms with Crippen molar-refractivity contribution >= 4 is 5.78 Å². The van der Waals surface area contributed by atoms with Gasteiger partial charge in [0, 0.05) is 6.42 Å². The molecule has 0 radical (unpaired) electrons. The van der Waals surface area contributed by atoms with Gasteiger partial charge in [-0.1, -0.05) is 0 Å². The minimum Gasteiger partial charge on any atom is -0.298 e. The van der Waals surface area contributed by atoms with Crippen LogP contribution in [0.2, 0.25) is 0 Å². The van der Waals surface area contributed by atoms with E-state index in [1.165, 1.54) is 12.8 Å². The fraction of sp³-hybridized carbons (Fsp3) is 0.889. The van der Waals surface area contributed by atoms with Crippen LogP contribution in [0.25, 0.3) is 0 Å². The number of Topliss-reactive ketones (excluding diaryl/α,β-unsaturated/α-hetero) is 1. The number of fused-ring (bicyclic) bond motifs is 1. The van der Waals surface area contributed by atoms with Crippen LogP contribution in [0.1, 0.15) is 25.7 Å². The van der Waals surface area contributed by atoms with Crippen molar-refractivity contribution in [1.29, 1.82) is 0 Å². The molecule has 0 aromatic rings. The molecule has 2 atom stereocenters. The fourth-order valence-electron chi connectivity index (χ4n) is 2.55. The normalized spacial score (nSPS) is 39.2. The fourth-order valence-corrected chi connectivity index (χ4v) is 2.55. The standard InChI is InChI=1S/C9H15NO/c1-10-6-2-3-7-4-5-8(11)9(7)10/h7,9H,2-6H2,1H3. The lowest BCUT2D eigenvalue weighted by Crippen LogP contribution is -2.43. The second-order valence-corrected chi connectivity index (χ2v) is 3.83. The molecule has 0 bridgehead atoms. The molecule has 1 saturated heterocycles. The molecule has 0 amide bonds. The van der Waals surface area contributed by atoms with Gasteiger partial charge in [-0.3, -0.25) is 9.69 Å². The van der Waals surface area contributed by atoms with Gasteiger partial charge in [0.05, 0.1) is 6.04 Å². The summed E-state index contributed by atoms with van der Waals surface area (Å²) in [6.45, 7) is 1.12. The summed E-state index contributed by atoms with van der Waals surface area (Å²) < 4.78 is 0. The van der Waals surface area contributed by atoms with Crippen LogP contribution < -0.4 is 0 Å². The molecule has 1 aliphatic heterocycles. The first kappa shape index (κ1) is 7.29. The number of carbonyl (C=O) groups excluding carboxylic acids is 1. The minimum atomic E-state index is 0.295. The molecule has 11 heavy (non-hydrogen) atoms. The van der Waals surface area contributed by atoms with E-state index < -0.39 is 0 Å². The SMILES string of the molecule is CN1CCCC2CCC(=O)C21. The van der Waals surface area contributed by atoms with Crippen LogP contribution in [-0.4, -0.2) is 30.3 Å². The van der Waals surface area contributed by atoms with Crippen molar-refractivity contribution in [2.75, 3.05) is 13.6 Å². The smallest absolute Gasteiger partial charge is 0.150 e. The van der Waals surface area contributed by atoms with Gasteiger partial charge in [0.15, 0.2) is 0 Å². The van der Waals surface area contributed by atoms with Gasteiger partial charge < -0.3 is 0 Å². The molecule has 0 N–H and O–H groups in total. The van der Waals surface area contributed by atoms with E-state index in [1.54, 1.807) is 0 Å². The van der Waals surface area contributed by atoms with Crippen LogP contribution in [0, 0.1) is 5.92 Å². The molecule has 2 heteroatoms. The number of hydrogen-bond acceptors (Lipinski definition) is 2. The van der Waals surface area contributed by atoms with Crippen molar-refractivity contribution in [3.8, 4) is 0 Å². The lowest BCUT2D eigenvalue weighted by Gasteiger charge is -2.33. The first-order valence-electron chi connectivity index (χ1n) is 4.52. The van der Waals surface area contributed by atoms with Gasteiger partial charge in [-0.15, -0.1) is 0 Å². The van der Waals surface area contributed by atoms with E-state index in [1.807, 2.05) is 0 Å². The zero-order valence-electron chi connectivity index (χ0n) is 7.05. The monoisotopic (exact) mass is 153 g/mol. The summed E-state index contributed by atoms with van der Waals surface area (Å²) in [7, 11) is 2.08. The molecule has 2 rings (SSSR count). The number of likely N-dealkylation sites (N-methyl/N-ethyl adjacent to an activating group) is 1. The van der Waals surface area contributed by atoms with Crippen molar-refractivity contribution < 1.29 is 4.79 Å². The Morgan fingerprint density at radius 1 is 1.45 bits per heavy atom. The largest absolute Gasteiger partial charge is 0.298 e. The summed E-state index contributed by atoms with van der Waals surface area (Å²) >= 11 is 0. The Balaban J connectivity index is 2.14. The van der Waals surface area contributed by atoms with Crippen molar-refractivity contribution in [2.24, 2.45) is 5.92 Å². The molecule has 0 aromatic heterocycles. The zero-order valence-corrected chi connectivity index (χ0v) is 7.05. The predicted molar refractivity (Wildman–Crippen MR) is 43.4 cm³/mol. The third kappa shape index (κ3) is 1.09. The Hall–Kier alpha value is -0.370. The molecule has 2 unspecified atom stereocenters. The van der Waals surface area contributed by atoms with E-state index in [0.717, 1.165) is 19.4 Å². The Kier molecular flexibility index (Phi) is 1.72. The van der Waals surface area contributed by atoms with E-state index in [9.17, 15) is 4.79 Å². The second-order valence-electron chi connectivity index (χ2n) is 3.83. The third-order valence-corrected chi connectivity index (χ3v) is 3.10. The molecule has 0 spiro atoms. The summed E-state index contributed by atoms with van der Waals surface area (Å²) in [6.07, 6.45) is 4.54. The van der Waals surface area contributed by atoms with Crippen molar-refractivity contribution in [3.05, 3.63) is 0 Å². The Morgan fingerprint density at radius 2 is 2.27 bits per heavy atom. The summed E-state index contributed by atoms with van der Waals surface area (Å²) in [4.78, 5) is 13.6. The molecular weight excluding hydrogens is 138 g/mol. The number of nitrogens with zero attached hydrogens (tertiary/aromatic N) is 1. The highest BCUT2D eigenvalue weighted by molar-refractivity contribution is 5.86. The van der Waals surface area contributed by atoms with E-state index in [2.05, 4.69) is 11.9 Å². The molecule has 1 aliphatic carbocycles. The quantitative estimate of drug-likeness (QED) is 0.518. The molecule has 2 aliphatic rings. The number of rotatable bonds is 0. The highest BCUT2D eigenvalue weighted by Gasteiger charge is 2.38. The van der Waals surface area contributed by atoms with Crippen LogP contribution >= 0.6 is 0 Å². The topological polar surface area (TPSA) is 20.3 Å². The van der Waals surface area contributed by atoms with Crippen LogP contribution in [-0.2, 0) is 4.79 Å². The summed E-state index contributed by atoms with van der Waals surface area (Å²) in [5, 5.41) is 0. The molecule has 1 saturated carbocycles. The Morgan fingerprint density at radius 3 is 3.00 bits per heavy atom. The first-order chi connectivity index (χ1) is 5.29. The van der Waals surface area contributed by atoms with Gasteiger partial charge in [-0.2, -0.15) is 0 Å². The molecule has 1 heterocycles. The number of piperidine rings is 1. The van der Waals surface area contributed by atoms with Gasteiger partial charge in [0.2, 0.25) is 0 Å². The maximum atomic E-state index is 11.4. The van der Waals surface area contributed by atoms with Crippen LogP contribution in [0.5, 0.6) is 0 Å². The second kappa shape index (κ2) is 2.59.